The van der Waals surface area contributed by atoms with Gasteiger partial charge < -0.3 is 15.4 Å². The average Bonchev–Trinajstić information content (AvgIpc) is 3.23. The zero-order valence-electron chi connectivity index (χ0n) is 15.7. The second-order valence-electron chi connectivity index (χ2n) is 7.73. The van der Waals surface area contributed by atoms with Gasteiger partial charge in [-0.25, -0.2) is 19.7 Å². The molecule has 4 rings (SSSR count). The Balaban J connectivity index is 1.30. The van der Waals surface area contributed by atoms with Crippen molar-refractivity contribution < 1.29 is 9.53 Å². The summed E-state index contributed by atoms with van der Waals surface area (Å²) in [5, 5.41) is 14.8. The van der Waals surface area contributed by atoms with E-state index in [9.17, 15) is 4.79 Å². The van der Waals surface area contributed by atoms with Gasteiger partial charge in [0.05, 0.1) is 5.56 Å². The van der Waals surface area contributed by atoms with Crippen molar-refractivity contribution in [3.05, 3.63) is 41.9 Å². The third-order valence-corrected chi connectivity index (χ3v) is 5.34. The predicted octanol–water partition coefficient (Wildman–Crippen LogP) is 3.40. The number of hydrogen-bond donors (Lipinski definition) is 2. The summed E-state index contributed by atoms with van der Waals surface area (Å²) in [5.74, 6) is 1.32. The van der Waals surface area contributed by atoms with Crippen molar-refractivity contribution in [1.29, 1.82) is 5.26 Å². The molecule has 8 nitrogen and oxygen atoms in total. The molecule has 0 radical (unpaired) electrons. The van der Waals surface area contributed by atoms with Crippen molar-refractivity contribution in [3.8, 4) is 6.07 Å². The minimum atomic E-state index is -0.309. The van der Waals surface area contributed by atoms with Crippen LogP contribution in [0.5, 0.6) is 0 Å². The summed E-state index contributed by atoms with van der Waals surface area (Å²) in [6.45, 7) is 2.03. The van der Waals surface area contributed by atoms with Gasteiger partial charge in [-0.1, -0.05) is 0 Å². The molecular formula is C20H22N6O2. The molecule has 0 saturated heterocycles. The molecule has 0 unspecified atom stereocenters. The van der Waals surface area contributed by atoms with Crippen LogP contribution in [0.15, 0.2) is 30.7 Å². The third-order valence-electron chi connectivity index (χ3n) is 5.34. The second kappa shape index (κ2) is 7.43. The number of carbonyl (C=O) groups is 1. The zero-order valence-corrected chi connectivity index (χ0v) is 15.7. The summed E-state index contributed by atoms with van der Waals surface area (Å²) in [5.41, 5.74) is 1.48. The Morgan fingerprint density at radius 1 is 1.21 bits per heavy atom. The quantitative estimate of drug-likeness (QED) is 0.820. The van der Waals surface area contributed by atoms with Crippen molar-refractivity contribution in [1.82, 2.24) is 20.3 Å². The second-order valence-corrected chi connectivity index (χ2v) is 7.73. The fourth-order valence-corrected chi connectivity index (χ4v) is 3.35. The van der Waals surface area contributed by atoms with Gasteiger partial charge in [-0.15, -0.1) is 0 Å². The number of ether oxygens (including phenoxy) is 1. The van der Waals surface area contributed by atoms with Gasteiger partial charge in [-0.05, 0) is 62.6 Å². The van der Waals surface area contributed by atoms with E-state index in [2.05, 4.69) is 25.6 Å². The van der Waals surface area contributed by atoms with E-state index in [0.29, 0.717) is 17.3 Å². The smallest absolute Gasteiger partial charge is 0.407 e. The molecule has 2 aliphatic carbocycles. The first-order valence-electron chi connectivity index (χ1n) is 9.47. The van der Waals surface area contributed by atoms with E-state index in [0.717, 1.165) is 37.7 Å². The molecule has 144 valence electrons. The molecule has 8 heteroatoms. The van der Waals surface area contributed by atoms with Crippen LogP contribution in [-0.2, 0) is 4.74 Å². The van der Waals surface area contributed by atoms with Gasteiger partial charge >= 0.3 is 6.09 Å². The molecular weight excluding hydrogens is 356 g/mol. The molecule has 28 heavy (non-hydrogen) atoms. The lowest BCUT2D eigenvalue weighted by molar-refractivity contribution is 0.0967. The maximum Gasteiger partial charge on any atom is 0.407 e. The summed E-state index contributed by atoms with van der Waals surface area (Å²) >= 11 is 0. The molecule has 0 spiro atoms. The average molecular weight is 378 g/mol. The highest BCUT2D eigenvalue weighted by Gasteiger charge is 2.40. The van der Waals surface area contributed by atoms with E-state index in [-0.39, 0.29) is 23.7 Å². The van der Waals surface area contributed by atoms with E-state index < -0.39 is 0 Å². The molecule has 2 N–H and O–H groups in total. The van der Waals surface area contributed by atoms with Gasteiger partial charge in [0.2, 0.25) is 5.95 Å². The SMILES string of the molecule is CC1(NC(=O)O[C@H]2CC[C@@H](c3cnc(Nc4ccc(C#N)cn4)nc3)C2)CC1. The lowest BCUT2D eigenvalue weighted by atomic mass is 10.0. The first-order chi connectivity index (χ1) is 13.5. The molecule has 2 aromatic heterocycles. The lowest BCUT2D eigenvalue weighted by Gasteiger charge is -2.16. The Labute approximate surface area is 163 Å². The van der Waals surface area contributed by atoms with Gasteiger partial charge in [-0.2, -0.15) is 5.26 Å². The van der Waals surface area contributed by atoms with E-state index in [1.54, 1.807) is 24.5 Å². The van der Waals surface area contributed by atoms with Gasteiger partial charge in [-0.3, -0.25) is 0 Å². The number of aromatic nitrogens is 3. The Bertz CT molecular complexity index is 886. The molecule has 2 fully saturated rings. The Kier molecular flexibility index (Phi) is 4.82. The van der Waals surface area contributed by atoms with E-state index in [1.807, 2.05) is 13.0 Å². The number of pyridine rings is 1. The Hall–Kier alpha value is -3.21. The molecule has 2 saturated carbocycles. The molecule has 2 atom stereocenters. The first kappa shape index (κ1) is 18.2. The first-order valence-corrected chi connectivity index (χ1v) is 9.47. The molecule has 0 aromatic carbocycles. The highest BCUT2D eigenvalue weighted by molar-refractivity contribution is 5.69. The van der Waals surface area contributed by atoms with Crippen LogP contribution >= 0.6 is 0 Å². The Morgan fingerprint density at radius 2 is 2.00 bits per heavy atom. The standard InChI is InChI=1S/C20H22N6O2/c1-20(6-7-20)26-19(27)28-16-4-3-14(8-16)15-11-23-18(24-12-15)25-17-5-2-13(9-21)10-22-17/h2,5,10-12,14,16H,3-4,6-8H2,1H3,(H,26,27)(H,22,23,24,25)/t14-,16+/m1/s1. The van der Waals surface area contributed by atoms with Crippen molar-refractivity contribution in [2.24, 2.45) is 0 Å². The van der Waals surface area contributed by atoms with Crippen LogP contribution in [0, 0.1) is 11.3 Å². The highest BCUT2D eigenvalue weighted by Crippen LogP contribution is 2.37. The number of hydrogen-bond acceptors (Lipinski definition) is 7. The molecule has 1 amide bonds. The van der Waals surface area contributed by atoms with Crippen molar-refractivity contribution in [3.63, 3.8) is 0 Å². The lowest BCUT2D eigenvalue weighted by Crippen LogP contribution is -2.36. The van der Waals surface area contributed by atoms with Crippen molar-refractivity contribution in [2.45, 2.75) is 56.6 Å². The topological polar surface area (TPSA) is 113 Å². The number of anilines is 2. The largest absolute Gasteiger partial charge is 0.446 e. The number of nitrogens with one attached hydrogen (secondary N) is 2. The number of nitrogens with zero attached hydrogens (tertiary/aromatic N) is 4. The molecule has 0 bridgehead atoms. The minimum Gasteiger partial charge on any atom is -0.446 e. The maximum absolute atomic E-state index is 12.0. The minimum absolute atomic E-state index is 0.0600. The summed E-state index contributed by atoms with van der Waals surface area (Å²) in [7, 11) is 0. The summed E-state index contributed by atoms with van der Waals surface area (Å²) < 4.78 is 5.57. The van der Waals surface area contributed by atoms with Crippen molar-refractivity contribution in [2.75, 3.05) is 5.32 Å². The normalized spacial score (nSPS) is 22.1. The fourth-order valence-electron chi connectivity index (χ4n) is 3.35. The molecule has 2 aliphatic rings. The van der Waals surface area contributed by atoms with Gasteiger partial charge in [0.1, 0.15) is 18.0 Å². The monoisotopic (exact) mass is 378 g/mol. The predicted molar refractivity (Wildman–Crippen MR) is 102 cm³/mol. The number of amides is 1. The Morgan fingerprint density at radius 3 is 2.64 bits per heavy atom. The van der Waals surface area contributed by atoms with Crippen molar-refractivity contribution >= 4 is 17.9 Å². The van der Waals surface area contributed by atoms with Gasteiger partial charge in [0.15, 0.2) is 0 Å². The number of carbonyl (C=O) groups excluding carboxylic acids is 1. The molecule has 2 heterocycles. The zero-order chi connectivity index (χ0) is 19.6. The number of nitriles is 1. The van der Waals surface area contributed by atoms with Crippen LogP contribution in [0.2, 0.25) is 0 Å². The highest BCUT2D eigenvalue weighted by atomic mass is 16.6. The fraction of sp³-hybridized carbons (Fsp3) is 0.450. The summed E-state index contributed by atoms with van der Waals surface area (Å²) in [6, 6.07) is 5.42. The number of alkyl carbamates (subject to hydrolysis) is 1. The van der Waals surface area contributed by atoms with E-state index in [4.69, 9.17) is 10.00 Å². The number of rotatable bonds is 5. The van der Waals surface area contributed by atoms with Gasteiger partial charge in [0.25, 0.3) is 0 Å². The van der Waals surface area contributed by atoms with Crippen LogP contribution in [0.3, 0.4) is 0 Å². The van der Waals surface area contributed by atoms with Gasteiger partial charge in [0, 0.05) is 24.1 Å². The van der Waals surface area contributed by atoms with E-state index in [1.165, 1.54) is 6.20 Å². The van der Waals surface area contributed by atoms with Crippen LogP contribution < -0.4 is 10.6 Å². The third kappa shape index (κ3) is 4.36. The molecule has 0 aliphatic heterocycles. The summed E-state index contributed by atoms with van der Waals surface area (Å²) in [4.78, 5) is 24.8. The summed E-state index contributed by atoms with van der Waals surface area (Å²) in [6.07, 6.45) is 9.36. The van der Waals surface area contributed by atoms with Crippen LogP contribution in [-0.4, -0.2) is 32.7 Å². The van der Waals surface area contributed by atoms with Crippen LogP contribution in [0.25, 0.3) is 0 Å². The van der Waals surface area contributed by atoms with Crippen LogP contribution in [0.4, 0.5) is 16.6 Å². The van der Waals surface area contributed by atoms with Crippen LogP contribution in [0.1, 0.15) is 56.1 Å². The molecule has 2 aromatic rings. The van der Waals surface area contributed by atoms with E-state index >= 15 is 0 Å². The maximum atomic E-state index is 12.0.